The highest BCUT2D eigenvalue weighted by Gasteiger charge is 2.14. The van der Waals surface area contributed by atoms with Crippen LogP contribution in [0.15, 0.2) is 42.5 Å². The zero-order valence-electron chi connectivity index (χ0n) is 12.3. The molecular weight excluding hydrogens is 284 g/mol. The van der Waals surface area contributed by atoms with Gasteiger partial charge in [0.1, 0.15) is 0 Å². The summed E-state index contributed by atoms with van der Waals surface area (Å²) in [5.74, 6) is 0.0190. The van der Waals surface area contributed by atoms with Gasteiger partial charge < -0.3 is 10.6 Å². The minimum Gasteiger partial charge on any atom is -0.397 e. The molecule has 0 aliphatic carbocycles. The second-order valence-corrected chi connectivity index (χ2v) is 5.58. The molecule has 110 valence electrons. The number of benzene rings is 2. The first-order valence-corrected chi connectivity index (χ1v) is 7.22. The zero-order chi connectivity index (χ0) is 15.4. The highest BCUT2D eigenvalue weighted by atomic mass is 35.5. The Hall–Kier alpha value is -2.00. The normalized spacial score (nSPS) is 10.4. The van der Waals surface area contributed by atoms with E-state index < -0.39 is 0 Å². The number of nitrogens with zero attached hydrogens (tertiary/aromatic N) is 1. The number of nitrogens with two attached hydrogens (primary N) is 1. The molecule has 0 saturated carbocycles. The molecule has 3 nitrogen and oxygen atoms in total. The molecule has 1 amide bonds. The van der Waals surface area contributed by atoms with Crippen LogP contribution in [0.5, 0.6) is 0 Å². The van der Waals surface area contributed by atoms with E-state index in [1.807, 2.05) is 25.1 Å². The zero-order valence-corrected chi connectivity index (χ0v) is 13.0. The maximum absolute atomic E-state index is 12.3. The van der Waals surface area contributed by atoms with Crippen LogP contribution >= 0.6 is 11.6 Å². The largest absolute Gasteiger partial charge is 0.397 e. The van der Waals surface area contributed by atoms with E-state index in [2.05, 4.69) is 6.07 Å². The maximum atomic E-state index is 12.3. The van der Waals surface area contributed by atoms with Crippen molar-refractivity contribution >= 4 is 28.9 Å². The van der Waals surface area contributed by atoms with Crippen LogP contribution in [0, 0.1) is 6.92 Å². The van der Waals surface area contributed by atoms with Crippen molar-refractivity contribution in [2.75, 3.05) is 17.7 Å². The quantitative estimate of drug-likeness (QED) is 0.873. The Bertz CT molecular complexity index is 655. The molecule has 0 heterocycles. The Morgan fingerprint density at radius 1 is 1.24 bits per heavy atom. The average Bonchev–Trinajstić information content (AvgIpc) is 2.46. The maximum Gasteiger partial charge on any atom is 0.227 e. The third kappa shape index (κ3) is 3.99. The number of halogens is 1. The van der Waals surface area contributed by atoms with Gasteiger partial charge in [-0.15, -0.1) is 0 Å². The number of carbonyl (C=O) groups is 1. The summed E-state index contributed by atoms with van der Waals surface area (Å²) in [6.07, 6.45) is 1.15. The first-order chi connectivity index (χ1) is 9.97. The lowest BCUT2D eigenvalue weighted by Crippen LogP contribution is -2.27. The van der Waals surface area contributed by atoms with Crippen LogP contribution < -0.4 is 10.6 Å². The molecule has 0 bridgehead atoms. The molecule has 0 saturated heterocycles. The van der Waals surface area contributed by atoms with E-state index >= 15 is 0 Å². The molecule has 2 N–H and O–H groups in total. The van der Waals surface area contributed by atoms with Gasteiger partial charge in [0, 0.05) is 18.5 Å². The molecule has 2 rings (SSSR count). The van der Waals surface area contributed by atoms with Crippen LogP contribution in [0.25, 0.3) is 0 Å². The Morgan fingerprint density at radius 3 is 2.71 bits per heavy atom. The van der Waals surface area contributed by atoms with Gasteiger partial charge in [-0.25, -0.2) is 0 Å². The Balaban J connectivity index is 2.04. The van der Waals surface area contributed by atoms with E-state index in [9.17, 15) is 4.79 Å². The van der Waals surface area contributed by atoms with E-state index in [1.165, 1.54) is 5.56 Å². The van der Waals surface area contributed by atoms with Crippen LogP contribution in [-0.2, 0) is 11.2 Å². The summed E-state index contributed by atoms with van der Waals surface area (Å²) in [7, 11) is 1.72. The minimum absolute atomic E-state index is 0.0190. The topological polar surface area (TPSA) is 46.3 Å². The fourth-order valence-corrected chi connectivity index (χ4v) is 2.39. The van der Waals surface area contributed by atoms with Crippen LogP contribution in [-0.4, -0.2) is 13.0 Å². The Morgan fingerprint density at radius 2 is 2.00 bits per heavy atom. The summed E-state index contributed by atoms with van der Waals surface area (Å²) in [5, 5.41) is 0.567. The van der Waals surface area contributed by atoms with Gasteiger partial charge in [-0.1, -0.05) is 41.4 Å². The molecular formula is C17H19ClN2O. The summed E-state index contributed by atoms with van der Waals surface area (Å²) < 4.78 is 0. The summed E-state index contributed by atoms with van der Waals surface area (Å²) in [4.78, 5) is 13.9. The molecule has 0 unspecified atom stereocenters. The molecule has 4 heteroatoms. The predicted octanol–water partition coefficient (Wildman–Crippen LogP) is 3.83. The number of hydrogen-bond donors (Lipinski definition) is 1. The summed E-state index contributed by atoms with van der Waals surface area (Å²) in [5.41, 5.74) is 9.46. The SMILES string of the molecule is Cc1cccc(CCC(=O)N(C)c2cc(Cl)ccc2N)c1. The summed E-state index contributed by atoms with van der Waals surface area (Å²) >= 11 is 5.96. The van der Waals surface area contributed by atoms with Gasteiger partial charge in [0.15, 0.2) is 0 Å². The second kappa shape index (κ2) is 6.64. The molecule has 0 aromatic heterocycles. The number of rotatable bonds is 4. The van der Waals surface area contributed by atoms with Gasteiger partial charge in [-0.3, -0.25) is 4.79 Å². The molecule has 2 aromatic rings. The van der Waals surface area contributed by atoms with Crippen molar-refractivity contribution in [1.29, 1.82) is 0 Å². The summed E-state index contributed by atoms with van der Waals surface area (Å²) in [6, 6.07) is 13.3. The molecule has 21 heavy (non-hydrogen) atoms. The van der Waals surface area contributed by atoms with Gasteiger partial charge in [-0.05, 0) is 37.1 Å². The third-order valence-corrected chi connectivity index (χ3v) is 3.67. The van der Waals surface area contributed by atoms with Gasteiger partial charge in [0.05, 0.1) is 11.4 Å². The van der Waals surface area contributed by atoms with Crippen molar-refractivity contribution in [3.05, 3.63) is 58.6 Å². The molecule has 0 aliphatic heterocycles. The highest BCUT2D eigenvalue weighted by molar-refractivity contribution is 6.31. The number of nitrogen functional groups attached to an aromatic ring is 1. The highest BCUT2D eigenvalue weighted by Crippen LogP contribution is 2.26. The lowest BCUT2D eigenvalue weighted by molar-refractivity contribution is -0.118. The van der Waals surface area contributed by atoms with Crippen molar-refractivity contribution in [2.45, 2.75) is 19.8 Å². The van der Waals surface area contributed by atoms with Gasteiger partial charge >= 0.3 is 0 Å². The fraction of sp³-hybridized carbons (Fsp3) is 0.235. The van der Waals surface area contributed by atoms with Crippen molar-refractivity contribution in [3.63, 3.8) is 0 Å². The molecule has 0 spiro atoms. The Labute approximate surface area is 130 Å². The molecule has 0 fully saturated rings. The number of aryl methyl sites for hydroxylation is 2. The average molecular weight is 303 g/mol. The molecule has 2 aromatic carbocycles. The molecule has 0 radical (unpaired) electrons. The fourth-order valence-electron chi connectivity index (χ4n) is 2.23. The van der Waals surface area contributed by atoms with Crippen molar-refractivity contribution in [2.24, 2.45) is 0 Å². The lowest BCUT2D eigenvalue weighted by Gasteiger charge is -2.19. The third-order valence-electron chi connectivity index (χ3n) is 3.44. The van der Waals surface area contributed by atoms with Crippen molar-refractivity contribution in [1.82, 2.24) is 0 Å². The number of hydrogen-bond acceptors (Lipinski definition) is 2. The minimum atomic E-state index is 0.0190. The standard InChI is InChI=1S/C17H19ClN2O/c1-12-4-3-5-13(10-12)6-9-17(21)20(2)16-11-14(18)7-8-15(16)19/h3-5,7-8,10-11H,6,9,19H2,1-2H3. The molecule has 0 atom stereocenters. The van der Waals surface area contributed by atoms with Crippen LogP contribution in [0.1, 0.15) is 17.5 Å². The van der Waals surface area contributed by atoms with Crippen molar-refractivity contribution in [3.8, 4) is 0 Å². The van der Waals surface area contributed by atoms with Crippen LogP contribution in [0.4, 0.5) is 11.4 Å². The predicted molar refractivity (Wildman–Crippen MR) is 88.8 cm³/mol. The van der Waals surface area contributed by atoms with Gasteiger partial charge in [-0.2, -0.15) is 0 Å². The second-order valence-electron chi connectivity index (χ2n) is 5.14. The summed E-state index contributed by atoms with van der Waals surface area (Å²) in [6.45, 7) is 2.05. The van der Waals surface area contributed by atoms with E-state index in [4.69, 9.17) is 17.3 Å². The first kappa shape index (κ1) is 15.4. The van der Waals surface area contributed by atoms with E-state index in [-0.39, 0.29) is 5.91 Å². The number of amides is 1. The number of carbonyl (C=O) groups excluding carboxylic acids is 1. The lowest BCUT2D eigenvalue weighted by atomic mass is 10.1. The Kier molecular flexibility index (Phi) is 4.86. The van der Waals surface area contributed by atoms with E-state index in [1.54, 1.807) is 30.1 Å². The number of anilines is 2. The van der Waals surface area contributed by atoms with E-state index in [0.29, 0.717) is 29.2 Å². The van der Waals surface area contributed by atoms with E-state index in [0.717, 1.165) is 5.56 Å². The van der Waals surface area contributed by atoms with Crippen molar-refractivity contribution < 1.29 is 4.79 Å². The van der Waals surface area contributed by atoms with Gasteiger partial charge in [0.25, 0.3) is 0 Å². The van der Waals surface area contributed by atoms with Gasteiger partial charge in [0.2, 0.25) is 5.91 Å². The van der Waals surface area contributed by atoms with Crippen LogP contribution in [0.2, 0.25) is 5.02 Å². The smallest absolute Gasteiger partial charge is 0.227 e. The monoisotopic (exact) mass is 302 g/mol. The molecule has 0 aliphatic rings. The first-order valence-electron chi connectivity index (χ1n) is 6.84. The van der Waals surface area contributed by atoms with Crippen LogP contribution in [0.3, 0.4) is 0 Å².